The van der Waals surface area contributed by atoms with Crippen molar-refractivity contribution in [2.24, 2.45) is 0 Å². The van der Waals surface area contributed by atoms with Gasteiger partial charge in [0.05, 0.1) is 10.9 Å². The first-order valence-electron chi connectivity index (χ1n) is 7.56. The van der Waals surface area contributed by atoms with Gasteiger partial charge in [-0.3, -0.25) is 0 Å². The van der Waals surface area contributed by atoms with Crippen LogP contribution in [-0.4, -0.2) is 24.4 Å². The van der Waals surface area contributed by atoms with Gasteiger partial charge in [0.2, 0.25) is 10.0 Å². The molecule has 2 heterocycles. The van der Waals surface area contributed by atoms with Crippen LogP contribution in [0.15, 0.2) is 39.8 Å². The predicted molar refractivity (Wildman–Crippen MR) is 82.9 cm³/mol. The van der Waals surface area contributed by atoms with Gasteiger partial charge >= 0.3 is 0 Å². The zero-order valence-electron chi connectivity index (χ0n) is 12.8. The Morgan fingerprint density at radius 2 is 2.05 bits per heavy atom. The molecule has 0 radical (unpaired) electrons. The minimum Gasteiger partial charge on any atom is -0.361 e. The SMILES string of the molecule is CCc1ccc(S(=O)(=O)N2CCCC2c2cc(C)on2)cc1. The maximum atomic E-state index is 12.9. The van der Waals surface area contributed by atoms with E-state index in [1.54, 1.807) is 16.4 Å². The normalized spacial score (nSPS) is 19.6. The van der Waals surface area contributed by atoms with Crippen LogP contribution in [0.2, 0.25) is 0 Å². The Hall–Kier alpha value is -1.66. The van der Waals surface area contributed by atoms with Crippen molar-refractivity contribution < 1.29 is 12.9 Å². The van der Waals surface area contributed by atoms with E-state index in [2.05, 4.69) is 5.16 Å². The molecule has 1 atom stereocenters. The fourth-order valence-electron chi connectivity index (χ4n) is 2.90. The summed E-state index contributed by atoms with van der Waals surface area (Å²) in [6.07, 6.45) is 2.51. The Balaban J connectivity index is 1.93. The second kappa shape index (κ2) is 5.85. The number of sulfonamides is 1. The monoisotopic (exact) mass is 320 g/mol. The minimum atomic E-state index is -3.50. The zero-order chi connectivity index (χ0) is 15.7. The summed E-state index contributed by atoms with van der Waals surface area (Å²) in [6, 6.07) is 8.72. The average Bonchev–Trinajstić information content (AvgIpc) is 3.16. The number of rotatable bonds is 4. The van der Waals surface area contributed by atoms with Gasteiger partial charge in [-0.2, -0.15) is 4.31 Å². The van der Waals surface area contributed by atoms with Crippen LogP contribution in [0.3, 0.4) is 0 Å². The third-order valence-electron chi connectivity index (χ3n) is 4.13. The van der Waals surface area contributed by atoms with Crippen LogP contribution >= 0.6 is 0 Å². The van der Waals surface area contributed by atoms with Crippen LogP contribution in [0.1, 0.15) is 42.8 Å². The number of aryl methyl sites for hydroxylation is 2. The molecule has 22 heavy (non-hydrogen) atoms. The lowest BCUT2D eigenvalue weighted by atomic mass is 10.1. The first kappa shape index (κ1) is 15.2. The molecule has 1 aliphatic rings. The van der Waals surface area contributed by atoms with Crippen LogP contribution in [0.25, 0.3) is 0 Å². The highest BCUT2D eigenvalue weighted by Crippen LogP contribution is 2.36. The van der Waals surface area contributed by atoms with E-state index in [-0.39, 0.29) is 6.04 Å². The Morgan fingerprint density at radius 1 is 1.32 bits per heavy atom. The zero-order valence-corrected chi connectivity index (χ0v) is 13.6. The molecule has 2 aromatic rings. The van der Waals surface area contributed by atoms with Crippen molar-refractivity contribution in [1.82, 2.24) is 9.46 Å². The van der Waals surface area contributed by atoms with E-state index < -0.39 is 10.0 Å². The van der Waals surface area contributed by atoms with Gasteiger partial charge in [0.25, 0.3) is 0 Å². The lowest BCUT2D eigenvalue weighted by Gasteiger charge is -2.22. The molecule has 0 bridgehead atoms. The highest BCUT2D eigenvalue weighted by atomic mass is 32.2. The molecule has 5 nitrogen and oxygen atoms in total. The topological polar surface area (TPSA) is 63.4 Å². The first-order valence-corrected chi connectivity index (χ1v) is 9.00. The molecule has 1 unspecified atom stereocenters. The lowest BCUT2D eigenvalue weighted by molar-refractivity contribution is 0.349. The predicted octanol–water partition coefficient (Wildman–Crippen LogP) is 3.07. The Morgan fingerprint density at radius 3 is 2.64 bits per heavy atom. The second-order valence-corrected chi connectivity index (χ2v) is 7.52. The van der Waals surface area contributed by atoms with Crippen LogP contribution in [-0.2, 0) is 16.4 Å². The van der Waals surface area contributed by atoms with E-state index in [1.807, 2.05) is 32.0 Å². The van der Waals surface area contributed by atoms with Crippen LogP contribution in [0.4, 0.5) is 0 Å². The Kier molecular flexibility index (Phi) is 4.06. The summed E-state index contributed by atoms with van der Waals surface area (Å²) >= 11 is 0. The lowest BCUT2D eigenvalue weighted by Crippen LogP contribution is -2.30. The van der Waals surface area contributed by atoms with E-state index in [1.165, 1.54) is 0 Å². The van der Waals surface area contributed by atoms with Crippen LogP contribution in [0.5, 0.6) is 0 Å². The smallest absolute Gasteiger partial charge is 0.243 e. The molecule has 1 aliphatic heterocycles. The molecule has 0 saturated carbocycles. The summed E-state index contributed by atoms with van der Waals surface area (Å²) in [5, 5.41) is 4.00. The number of hydrogen-bond acceptors (Lipinski definition) is 4. The molecule has 1 aromatic heterocycles. The fourth-order valence-corrected chi connectivity index (χ4v) is 4.57. The van der Waals surface area contributed by atoms with Crippen molar-refractivity contribution in [2.45, 2.75) is 44.0 Å². The highest BCUT2D eigenvalue weighted by Gasteiger charge is 2.37. The summed E-state index contributed by atoms with van der Waals surface area (Å²) in [4.78, 5) is 0.344. The van der Waals surface area contributed by atoms with Crippen LogP contribution in [0, 0.1) is 6.92 Å². The van der Waals surface area contributed by atoms with Gasteiger partial charge in [0, 0.05) is 12.6 Å². The summed E-state index contributed by atoms with van der Waals surface area (Å²) in [6.45, 7) is 4.38. The molecule has 1 aromatic carbocycles. The van der Waals surface area contributed by atoms with Crippen molar-refractivity contribution in [3.05, 3.63) is 47.3 Å². The molecule has 0 amide bonds. The van der Waals surface area contributed by atoms with Crippen LogP contribution < -0.4 is 0 Å². The van der Waals surface area contributed by atoms with E-state index >= 15 is 0 Å². The van der Waals surface area contributed by atoms with E-state index in [4.69, 9.17) is 4.52 Å². The second-order valence-electron chi connectivity index (χ2n) is 5.63. The molecule has 0 aliphatic carbocycles. The average molecular weight is 320 g/mol. The summed E-state index contributed by atoms with van der Waals surface area (Å²) < 4.78 is 32.4. The molecule has 0 N–H and O–H groups in total. The largest absolute Gasteiger partial charge is 0.361 e. The van der Waals surface area contributed by atoms with Gasteiger partial charge in [0.1, 0.15) is 11.5 Å². The molecular weight excluding hydrogens is 300 g/mol. The Labute approximate surface area is 131 Å². The maximum absolute atomic E-state index is 12.9. The third kappa shape index (κ3) is 2.68. The molecule has 1 fully saturated rings. The number of hydrogen-bond donors (Lipinski definition) is 0. The Bertz CT molecular complexity index is 750. The number of nitrogens with zero attached hydrogens (tertiary/aromatic N) is 2. The van der Waals surface area contributed by atoms with Gasteiger partial charge < -0.3 is 4.52 Å². The van der Waals surface area contributed by atoms with Gasteiger partial charge in [0.15, 0.2) is 0 Å². The summed E-state index contributed by atoms with van der Waals surface area (Å²) in [5.74, 6) is 0.701. The molecule has 6 heteroatoms. The highest BCUT2D eigenvalue weighted by molar-refractivity contribution is 7.89. The van der Waals surface area contributed by atoms with E-state index in [9.17, 15) is 8.42 Å². The van der Waals surface area contributed by atoms with Crippen molar-refractivity contribution in [3.8, 4) is 0 Å². The molecular formula is C16H20N2O3S. The number of benzene rings is 1. The summed E-state index contributed by atoms with van der Waals surface area (Å²) in [7, 11) is -3.50. The standard InChI is InChI=1S/C16H20N2O3S/c1-3-13-6-8-14(9-7-13)22(19,20)18-10-4-5-16(18)15-11-12(2)21-17-15/h6-9,11,16H,3-5,10H2,1-2H3. The molecule has 118 valence electrons. The van der Waals surface area contributed by atoms with Crippen molar-refractivity contribution >= 4 is 10.0 Å². The van der Waals surface area contributed by atoms with E-state index in [0.717, 1.165) is 24.8 Å². The number of aromatic nitrogens is 1. The van der Waals surface area contributed by atoms with Gasteiger partial charge in [-0.1, -0.05) is 24.2 Å². The van der Waals surface area contributed by atoms with Crippen molar-refractivity contribution in [3.63, 3.8) is 0 Å². The van der Waals surface area contributed by atoms with Gasteiger partial charge in [-0.25, -0.2) is 8.42 Å². The molecule has 3 rings (SSSR count). The maximum Gasteiger partial charge on any atom is 0.243 e. The first-order chi connectivity index (χ1) is 10.5. The van der Waals surface area contributed by atoms with Gasteiger partial charge in [-0.15, -0.1) is 0 Å². The van der Waals surface area contributed by atoms with Gasteiger partial charge in [-0.05, 0) is 43.9 Å². The minimum absolute atomic E-state index is 0.228. The van der Waals surface area contributed by atoms with Crippen molar-refractivity contribution in [2.75, 3.05) is 6.54 Å². The third-order valence-corrected chi connectivity index (χ3v) is 6.05. The van der Waals surface area contributed by atoms with E-state index in [0.29, 0.717) is 22.9 Å². The van der Waals surface area contributed by atoms with Crippen molar-refractivity contribution in [1.29, 1.82) is 0 Å². The quantitative estimate of drug-likeness (QED) is 0.868. The summed E-state index contributed by atoms with van der Waals surface area (Å²) in [5.41, 5.74) is 1.83. The molecule has 1 saturated heterocycles. The molecule has 0 spiro atoms. The fraction of sp³-hybridized carbons (Fsp3) is 0.438.